The molecule has 0 atom stereocenters. The SMILES string of the molecule is CC(=N)c1ccc2c(c1)Nc1ccc(OC(F)(F)F)cc1O2. The quantitative estimate of drug-likeness (QED) is 0.667. The van der Waals surface area contributed by atoms with Crippen LogP contribution in [0.1, 0.15) is 12.5 Å². The van der Waals surface area contributed by atoms with Gasteiger partial charge < -0.3 is 20.2 Å². The van der Waals surface area contributed by atoms with Crippen LogP contribution in [-0.2, 0) is 0 Å². The van der Waals surface area contributed by atoms with Gasteiger partial charge in [-0.15, -0.1) is 13.2 Å². The lowest BCUT2D eigenvalue weighted by Gasteiger charge is -2.23. The van der Waals surface area contributed by atoms with Crippen LogP contribution in [0.5, 0.6) is 17.2 Å². The first-order chi connectivity index (χ1) is 10.3. The van der Waals surface area contributed by atoms with Gasteiger partial charge in [0.2, 0.25) is 0 Å². The highest BCUT2D eigenvalue weighted by atomic mass is 19.4. The van der Waals surface area contributed by atoms with E-state index in [1.54, 1.807) is 25.1 Å². The molecule has 0 spiro atoms. The van der Waals surface area contributed by atoms with Gasteiger partial charge in [-0.25, -0.2) is 0 Å². The average molecular weight is 308 g/mol. The number of ether oxygens (including phenoxy) is 2. The maximum Gasteiger partial charge on any atom is 0.573 e. The third-order valence-electron chi connectivity index (χ3n) is 3.09. The molecule has 1 heterocycles. The lowest BCUT2D eigenvalue weighted by Crippen LogP contribution is -2.17. The van der Waals surface area contributed by atoms with E-state index in [2.05, 4.69) is 10.1 Å². The zero-order valence-electron chi connectivity index (χ0n) is 11.4. The fourth-order valence-corrected chi connectivity index (χ4v) is 2.10. The predicted octanol–water partition coefficient (Wildman–Crippen LogP) is 4.82. The van der Waals surface area contributed by atoms with E-state index in [0.29, 0.717) is 22.8 Å². The molecule has 1 aliphatic rings. The molecule has 4 nitrogen and oxygen atoms in total. The Balaban J connectivity index is 1.91. The van der Waals surface area contributed by atoms with Gasteiger partial charge in [-0.05, 0) is 42.8 Å². The van der Waals surface area contributed by atoms with Crippen molar-refractivity contribution in [1.82, 2.24) is 0 Å². The molecule has 2 N–H and O–H groups in total. The second-order valence-corrected chi connectivity index (χ2v) is 4.77. The minimum absolute atomic E-state index is 0.244. The molecular weight excluding hydrogens is 297 g/mol. The van der Waals surface area contributed by atoms with Crippen LogP contribution in [0.2, 0.25) is 0 Å². The van der Waals surface area contributed by atoms with Gasteiger partial charge in [0, 0.05) is 11.8 Å². The molecule has 0 aliphatic carbocycles. The predicted molar refractivity (Wildman–Crippen MR) is 75.4 cm³/mol. The smallest absolute Gasteiger partial charge is 0.453 e. The molecule has 0 saturated carbocycles. The number of hydrogen-bond donors (Lipinski definition) is 2. The third-order valence-corrected chi connectivity index (χ3v) is 3.09. The molecule has 0 aromatic heterocycles. The summed E-state index contributed by atoms with van der Waals surface area (Å²) in [6.45, 7) is 1.67. The average Bonchev–Trinajstić information content (AvgIpc) is 2.42. The Morgan fingerprint density at radius 1 is 1.09 bits per heavy atom. The summed E-state index contributed by atoms with van der Waals surface area (Å²) in [5.74, 6) is 0.374. The van der Waals surface area contributed by atoms with Crippen LogP contribution in [0, 0.1) is 5.41 Å². The third kappa shape index (κ3) is 2.83. The summed E-state index contributed by atoms with van der Waals surface area (Å²) in [5, 5.41) is 10.7. The van der Waals surface area contributed by atoms with Crippen LogP contribution in [0.4, 0.5) is 24.5 Å². The number of rotatable bonds is 2. The number of hydrogen-bond acceptors (Lipinski definition) is 4. The van der Waals surface area contributed by atoms with Crippen molar-refractivity contribution in [1.29, 1.82) is 5.41 Å². The number of halogens is 3. The zero-order valence-corrected chi connectivity index (χ0v) is 11.4. The first kappa shape index (κ1) is 14.2. The summed E-state index contributed by atoms with van der Waals surface area (Å²) in [6.07, 6.45) is -4.75. The Morgan fingerprint density at radius 2 is 1.86 bits per heavy atom. The van der Waals surface area contributed by atoms with E-state index in [9.17, 15) is 13.2 Å². The number of benzene rings is 2. The summed E-state index contributed by atoms with van der Waals surface area (Å²) in [6, 6.07) is 8.96. The van der Waals surface area contributed by atoms with E-state index in [1.165, 1.54) is 18.2 Å². The highest BCUT2D eigenvalue weighted by Crippen LogP contribution is 2.44. The summed E-state index contributed by atoms with van der Waals surface area (Å²) < 4.78 is 46.2. The molecule has 2 aromatic carbocycles. The molecule has 0 saturated heterocycles. The standard InChI is InChI=1S/C15H11F3N2O2/c1-8(19)9-2-5-13-12(6-9)20-11-4-3-10(7-14(11)21-13)22-15(16,17)18/h2-7,19-20H,1H3. The fourth-order valence-electron chi connectivity index (χ4n) is 2.10. The summed E-state index contributed by atoms with van der Waals surface area (Å²) >= 11 is 0. The maximum absolute atomic E-state index is 12.2. The van der Waals surface area contributed by atoms with Crippen LogP contribution in [0.25, 0.3) is 0 Å². The van der Waals surface area contributed by atoms with Crippen LogP contribution in [0.15, 0.2) is 36.4 Å². The van der Waals surface area contributed by atoms with E-state index in [1.807, 2.05) is 0 Å². The molecule has 1 aliphatic heterocycles. The molecule has 22 heavy (non-hydrogen) atoms. The Morgan fingerprint density at radius 3 is 2.55 bits per heavy atom. The molecule has 114 valence electrons. The van der Waals surface area contributed by atoms with Crippen molar-refractivity contribution in [2.24, 2.45) is 0 Å². The largest absolute Gasteiger partial charge is 0.573 e. The van der Waals surface area contributed by atoms with Crippen molar-refractivity contribution < 1.29 is 22.6 Å². The molecule has 0 radical (unpaired) electrons. The lowest BCUT2D eigenvalue weighted by molar-refractivity contribution is -0.274. The number of nitrogens with one attached hydrogen (secondary N) is 2. The van der Waals surface area contributed by atoms with Gasteiger partial charge in [0.05, 0.1) is 11.4 Å². The molecular formula is C15H11F3N2O2. The highest BCUT2D eigenvalue weighted by molar-refractivity contribution is 5.98. The number of fused-ring (bicyclic) bond motifs is 2. The second-order valence-electron chi connectivity index (χ2n) is 4.77. The van der Waals surface area contributed by atoms with Crippen molar-refractivity contribution in [3.63, 3.8) is 0 Å². The van der Waals surface area contributed by atoms with Crippen molar-refractivity contribution in [2.75, 3.05) is 5.32 Å². The van der Waals surface area contributed by atoms with Gasteiger partial charge in [0.1, 0.15) is 5.75 Å². The van der Waals surface area contributed by atoms with Crippen LogP contribution in [-0.4, -0.2) is 12.1 Å². The normalized spacial score (nSPS) is 12.5. The van der Waals surface area contributed by atoms with Crippen LogP contribution < -0.4 is 14.8 Å². The second kappa shape index (κ2) is 4.94. The lowest BCUT2D eigenvalue weighted by atomic mass is 10.1. The number of alkyl halides is 3. The minimum Gasteiger partial charge on any atom is -0.453 e. The van der Waals surface area contributed by atoms with Gasteiger partial charge in [-0.2, -0.15) is 0 Å². The Labute approximate surface area is 124 Å². The van der Waals surface area contributed by atoms with Crippen LogP contribution >= 0.6 is 0 Å². The van der Waals surface area contributed by atoms with Crippen molar-refractivity contribution in [3.05, 3.63) is 42.0 Å². The van der Waals surface area contributed by atoms with E-state index in [-0.39, 0.29) is 11.5 Å². The fraction of sp³-hybridized carbons (Fsp3) is 0.133. The van der Waals surface area contributed by atoms with Gasteiger partial charge in [0.15, 0.2) is 11.5 Å². The Hall–Kier alpha value is -2.70. The van der Waals surface area contributed by atoms with E-state index in [4.69, 9.17) is 10.1 Å². The van der Waals surface area contributed by atoms with Gasteiger partial charge >= 0.3 is 6.36 Å². The zero-order chi connectivity index (χ0) is 15.9. The van der Waals surface area contributed by atoms with Crippen LogP contribution in [0.3, 0.4) is 0 Å². The minimum atomic E-state index is -4.75. The summed E-state index contributed by atoms with van der Waals surface area (Å²) in [7, 11) is 0. The number of anilines is 2. The topological polar surface area (TPSA) is 54.3 Å². The van der Waals surface area contributed by atoms with Crippen molar-refractivity contribution >= 4 is 17.1 Å². The van der Waals surface area contributed by atoms with E-state index in [0.717, 1.165) is 5.56 Å². The molecule has 0 bridgehead atoms. The Kier molecular flexibility index (Phi) is 3.20. The first-order valence-corrected chi connectivity index (χ1v) is 6.36. The molecule has 3 rings (SSSR count). The molecule has 0 unspecified atom stereocenters. The summed E-state index contributed by atoms with van der Waals surface area (Å²) in [5.41, 5.74) is 2.32. The van der Waals surface area contributed by atoms with Gasteiger partial charge in [-0.1, -0.05) is 0 Å². The maximum atomic E-state index is 12.2. The van der Waals surface area contributed by atoms with E-state index >= 15 is 0 Å². The first-order valence-electron chi connectivity index (χ1n) is 6.36. The molecule has 2 aromatic rings. The van der Waals surface area contributed by atoms with Gasteiger partial charge in [-0.3, -0.25) is 0 Å². The molecule has 0 fully saturated rings. The summed E-state index contributed by atoms with van der Waals surface area (Å²) in [4.78, 5) is 0. The monoisotopic (exact) mass is 308 g/mol. The Bertz CT molecular complexity index is 757. The highest BCUT2D eigenvalue weighted by Gasteiger charge is 2.31. The van der Waals surface area contributed by atoms with Crippen molar-refractivity contribution in [2.45, 2.75) is 13.3 Å². The molecule has 7 heteroatoms. The van der Waals surface area contributed by atoms with Gasteiger partial charge in [0.25, 0.3) is 0 Å². The van der Waals surface area contributed by atoms with Crippen molar-refractivity contribution in [3.8, 4) is 17.2 Å². The van der Waals surface area contributed by atoms with E-state index < -0.39 is 6.36 Å². The molecule has 0 amide bonds.